The molecule has 22 heavy (non-hydrogen) atoms. The highest BCUT2D eigenvalue weighted by Crippen LogP contribution is 2.27. The van der Waals surface area contributed by atoms with Crippen molar-refractivity contribution >= 4 is 10.8 Å². The maximum Gasteiger partial charge on any atom is 0.177 e. The SMILES string of the molecule is Cc1cc(C)nc(C(NC#N)c2cccc3ccccc23)n1. The average molecular weight is 288 g/mol. The summed E-state index contributed by atoms with van der Waals surface area (Å²) in [6.45, 7) is 3.87. The largest absolute Gasteiger partial charge is 0.309 e. The van der Waals surface area contributed by atoms with Crippen molar-refractivity contribution in [3.05, 3.63) is 71.3 Å². The second-order valence-corrected chi connectivity index (χ2v) is 5.27. The molecule has 0 bridgehead atoms. The Morgan fingerprint density at radius 1 is 1.00 bits per heavy atom. The first-order valence-corrected chi connectivity index (χ1v) is 7.13. The topological polar surface area (TPSA) is 61.6 Å². The zero-order valence-electron chi connectivity index (χ0n) is 12.5. The molecule has 1 heterocycles. The third kappa shape index (κ3) is 2.61. The molecule has 4 heteroatoms. The van der Waals surface area contributed by atoms with Crippen molar-refractivity contribution in [2.24, 2.45) is 0 Å². The van der Waals surface area contributed by atoms with Crippen LogP contribution in [-0.2, 0) is 0 Å². The van der Waals surface area contributed by atoms with E-state index in [1.165, 1.54) is 0 Å². The number of nitriles is 1. The second kappa shape index (κ2) is 5.82. The molecule has 0 saturated carbocycles. The number of benzene rings is 2. The Morgan fingerprint density at radius 3 is 2.41 bits per heavy atom. The van der Waals surface area contributed by atoms with E-state index in [-0.39, 0.29) is 6.04 Å². The molecule has 0 aliphatic carbocycles. The minimum absolute atomic E-state index is 0.352. The van der Waals surface area contributed by atoms with Gasteiger partial charge >= 0.3 is 0 Å². The number of fused-ring (bicyclic) bond motifs is 1. The van der Waals surface area contributed by atoms with Crippen LogP contribution < -0.4 is 5.32 Å². The van der Waals surface area contributed by atoms with Gasteiger partial charge in [-0.3, -0.25) is 0 Å². The maximum atomic E-state index is 9.15. The molecule has 0 saturated heterocycles. The Morgan fingerprint density at radius 2 is 1.68 bits per heavy atom. The summed E-state index contributed by atoms with van der Waals surface area (Å²) >= 11 is 0. The fourth-order valence-electron chi connectivity index (χ4n) is 2.73. The van der Waals surface area contributed by atoms with E-state index in [0.29, 0.717) is 5.82 Å². The number of aryl methyl sites for hydroxylation is 2. The van der Waals surface area contributed by atoms with Crippen molar-refractivity contribution < 1.29 is 0 Å². The van der Waals surface area contributed by atoms with E-state index in [2.05, 4.69) is 33.5 Å². The van der Waals surface area contributed by atoms with Gasteiger partial charge in [-0.2, -0.15) is 5.26 Å². The fourth-order valence-corrected chi connectivity index (χ4v) is 2.73. The van der Waals surface area contributed by atoms with Gasteiger partial charge in [0.1, 0.15) is 6.04 Å². The van der Waals surface area contributed by atoms with Crippen LogP contribution in [0.4, 0.5) is 0 Å². The first kappa shape index (κ1) is 14.0. The lowest BCUT2D eigenvalue weighted by molar-refractivity contribution is 0.682. The summed E-state index contributed by atoms with van der Waals surface area (Å²) in [5.74, 6) is 0.621. The maximum absolute atomic E-state index is 9.15. The number of nitrogens with zero attached hydrogens (tertiary/aromatic N) is 3. The summed E-state index contributed by atoms with van der Waals surface area (Å²) in [4.78, 5) is 9.02. The normalized spacial score (nSPS) is 11.9. The quantitative estimate of drug-likeness (QED) is 0.592. The molecule has 0 amide bonds. The van der Waals surface area contributed by atoms with Crippen LogP contribution in [0.1, 0.15) is 28.8 Å². The first-order valence-electron chi connectivity index (χ1n) is 7.13. The Bertz CT molecular complexity index is 839. The molecule has 0 spiro atoms. The van der Waals surface area contributed by atoms with Gasteiger partial charge < -0.3 is 5.32 Å². The van der Waals surface area contributed by atoms with Gasteiger partial charge in [0.2, 0.25) is 0 Å². The predicted octanol–water partition coefficient (Wildman–Crippen LogP) is 3.41. The van der Waals surface area contributed by atoms with E-state index in [0.717, 1.165) is 27.7 Å². The Labute approximate surface area is 129 Å². The average Bonchev–Trinajstić information content (AvgIpc) is 2.51. The monoisotopic (exact) mass is 288 g/mol. The minimum atomic E-state index is -0.352. The van der Waals surface area contributed by atoms with Gasteiger partial charge in [0.05, 0.1) is 0 Å². The van der Waals surface area contributed by atoms with E-state index in [1.54, 1.807) is 0 Å². The van der Waals surface area contributed by atoms with E-state index in [1.807, 2.05) is 50.4 Å². The van der Waals surface area contributed by atoms with Crippen LogP contribution in [0.25, 0.3) is 10.8 Å². The first-order chi connectivity index (χ1) is 10.7. The molecule has 108 valence electrons. The molecule has 4 nitrogen and oxygen atoms in total. The highest BCUT2D eigenvalue weighted by atomic mass is 15.0. The summed E-state index contributed by atoms with van der Waals surface area (Å²) < 4.78 is 0. The van der Waals surface area contributed by atoms with E-state index >= 15 is 0 Å². The third-order valence-corrected chi connectivity index (χ3v) is 3.60. The lowest BCUT2D eigenvalue weighted by Gasteiger charge is -2.17. The summed E-state index contributed by atoms with van der Waals surface area (Å²) in [5, 5.41) is 14.2. The van der Waals surface area contributed by atoms with Gasteiger partial charge in [0.15, 0.2) is 12.0 Å². The lowest BCUT2D eigenvalue weighted by atomic mass is 9.98. The van der Waals surface area contributed by atoms with Crippen LogP contribution in [0.15, 0.2) is 48.5 Å². The molecule has 1 aromatic heterocycles. The van der Waals surface area contributed by atoms with E-state index in [9.17, 15) is 0 Å². The second-order valence-electron chi connectivity index (χ2n) is 5.27. The summed E-state index contributed by atoms with van der Waals surface area (Å²) in [7, 11) is 0. The zero-order chi connectivity index (χ0) is 15.5. The molecule has 0 fully saturated rings. The van der Waals surface area contributed by atoms with Crippen LogP contribution in [0.2, 0.25) is 0 Å². The van der Waals surface area contributed by atoms with Gasteiger partial charge in [-0.25, -0.2) is 9.97 Å². The summed E-state index contributed by atoms with van der Waals surface area (Å²) in [6, 6.07) is 15.8. The minimum Gasteiger partial charge on any atom is -0.309 e. The number of hydrogen-bond donors (Lipinski definition) is 1. The zero-order valence-corrected chi connectivity index (χ0v) is 12.5. The molecule has 1 unspecified atom stereocenters. The number of nitrogens with one attached hydrogen (secondary N) is 1. The molecule has 3 aromatic rings. The standard InChI is InChI=1S/C18H16N4/c1-12-10-13(2)22-18(21-12)17(20-11-19)16-9-5-7-14-6-3-4-8-15(14)16/h3-10,17,20H,1-2H3. The van der Waals surface area contributed by atoms with E-state index in [4.69, 9.17) is 5.26 Å². The smallest absolute Gasteiger partial charge is 0.177 e. The van der Waals surface area contributed by atoms with Crippen molar-refractivity contribution in [3.8, 4) is 6.19 Å². The van der Waals surface area contributed by atoms with Crippen molar-refractivity contribution in [3.63, 3.8) is 0 Å². The third-order valence-electron chi connectivity index (χ3n) is 3.60. The molecular formula is C18H16N4. The highest BCUT2D eigenvalue weighted by molar-refractivity contribution is 5.86. The Kier molecular flexibility index (Phi) is 3.71. The van der Waals surface area contributed by atoms with Crippen molar-refractivity contribution in [2.75, 3.05) is 0 Å². The van der Waals surface area contributed by atoms with E-state index < -0.39 is 0 Å². The van der Waals surface area contributed by atoms with Gasteiger partial charge in [0.25, 0.3) is 0 Å². The van der Waals surface area contributed by atoms with Crippen molar-refractivity contribution in [1.82, 2.24) is 15.3 Å². The van der Waals surface area contributed by atoms with Gasteiger partial charge in [-0.1, -0.05) is 42.5 Å². The van der Waals surface area contributed by atoms with Gasteiger partial charge in [-0.15, -0.1) is 0 Å². The van der Waals surface area contributed by atoms with Gasteiger partial charge in [-0.05, 0) is 36.2 Å². The molecule has 3 rings (SSSR count). The summed E-state index contributed by atoms with van der Waals surface area (Å²) in [6.07, 6.45) is 2.04. The molecule has 0 aliphatic heterocycles. The van der Waals surface area contributed by atoms with Crippen LogP contribution in [-0.4, -0.2) is 9.97 Å². The van der Waals surface area contributed by atoms with Crippen LogP contribution in [0.3, 0.4) is 0 Å². The molecule has 1 atom stereocenters. The molecule has 0 aliphatic rings. The molecule has 0 radical (unpaired) electrons. The molecule has 2 aromatic carbocycles. The fraction of sp³-hybridized carbons (Fsp3) is 0.167. The lowest BCUT2D eigenvalue weighted by Crippen LogP contribution is -2.21. The Hall–Kier alpha value is -2.93. The van der Waals surface area contributed by atoms with Crippen molar-refractivity contribution in [1.29, 1.82) is 5.26 Å². The molecule has 1 N–H and O–H groups in total. The van der Waals surface area contributed by atoms with Gasteiger partial charge in [0, 0.05) is 11.4 Å². The number of rotatable bonds is 3. The van der Waals surface area contributed by atoms with Crippen LogP contribution in [0.5, 0.6) is 0 Å². The Balaban J connectivity index is 2.20. The van der Waals surface area contributed by atoms with Crippen LogP contribution >= 0.6 is 0 Å². The summed E-state index contributed by atoms with van der Waals surface area (Å²) in [5.41, 5.74) is 2.80. The predicted molar refractivity (Wildman–Crippen MR) is 86.0 cm³/mol. The highest BCUT2D eigenvalue weighted by Gasteiger charge is 2.19. The molecular weight excluding hydrogens is 272 g/mol. The number of hydrogen-bond acceptors (Lipinski definition) is 4. The number of aromatic nitrogens is 2. The van der Waals surface area contributed by atoms with Crippen LogP contribution in [0, 0.1) is 25.3 Å². The van der Waals surface area contributed by atoms with Crippen molar-refractivity contribution in [2.45, 2.75) is 19.9 Å².